The lowest BCUT2D eigenvalue weighted by molar-refractivity contribution is 0.0939. The van der Waals surface area contributed by atoms with Gasteiger partial charge >= 0.3 is 0 Å². The zero-order chi connectivity index (χ0) is 21.0. The smallest absolute Gasteiger partial charge is 0.255 e. The number of carbonyl (C=O) groups is 2. The molecule has 3 aromatic carbocycles. The van der Waals surface area contributed by atoms with Gasteiger partial charge in [0.25, 0.3) is 11.8 Å². The third-order valence-corrected chi connectivity index (χ3v) is 4.68. The van der Waals surface area contributed by atoms with Gasteiger partial charge in [0.05, 0.1) is 6.04 Å². The second-order valence-electron chi connectivity index (χ2n) is 6.48. The Balaban J connectivity index is 1.64. The van der Waals surface area contributed by atoms with Crippen molar-refractivity contribution in [1.29, 1.82) is 0 Å². The summed E-state index contributed by atoms with van der Waals surface area (Å²) in [6, 6.07) is 17.5. The SMILES string of the molecule is CC(NC(=O)c1ccc(NC(=O)c2cc(Cl)cc(Cl)c2)cc1)c1cccc(O)c1. The summed E-state index contributed by atoms with van der Waals surface area (Å²) in [4.78, 5) is 24.8. The first kappa shape index (κ1) is 20.7. The van der Waals surface area contributed by atoms with Gasteiger partial charge in [-0.3, -0.25) is 9.59 Å². The van der Waals surface area contributed by atoms with Crippen LogP contribution in [0.4, 0.5) is 5.69 Å². The van der Waals surface area contributed by atoms with Crippen molar-refractivity contribution in [2.45, 2.75) is 13.0 Å². The van der Waals surface area contributed by atoms with E-state index in [4.69, 9.17) is 23.2 Å². The quantitative estimate of drug-likeness (QED) is 0.505. The molecule has 1 unspecified atom stereocenters. The normalized spacial score (nSPS) is 11.6. The molecule has 3 aromatic rings. The first-order valence-corrected chi connectivity index (χ1v) is 9.55. The fraction of sp³-hybridized carbons (Fsp3) is 0.0909. The number of phenols is 1. The van der Waals surface area contributed by atoms with E-state index < -0.39 is 0 Å². The Morgan fingerprint density at radius 1 is 0.862 bits per heavy atom. The Kier molecular flexibility index (Phi) is 6.42. The first-order valence-electron chi connectivity index (χ1n) is 8.79. The molecule has 0 aliphatic rings. The predicted molar refractivity (Wildman–Crippen MR) is 115 cm³/mol. The minimum absolute atomic E-state index is 0.143. The number of phenolic OH excluding ortho intramolecular Hbond substituents is 1. The maximum absolute atomic E-state index is 12.5. The Morgan fingerprint density at radius 3 is 2.14 bits per heavy atom. The largest absolute Gasteiger partial charge is 0.508 e. The summed E-state index contributed by atoms with van der Waals surface area (Å²) in [7, 11) is 0. The van der Waals surface area contributed by atoms with E-state index in [1.54, 1.807) is 48.5 Å². The molecule has 7 heteroatoms. The van der Waals surface area contributed by atoms with Crippen LogP contribution in [0, 0.1) is 0 Å². The van der Waals surface area contributed by atoms with Crippen molar-refractivity contribution in [3.8, 4) is 5.75 Å². The van der Waals surface area contributed by atoms with Crippen LogP contribution < -0.4 is 10.6 Å². The molecule has 0 radical (unpaired) electrons. The molecule has 0 aromatic heterocycles. The van der Waals surface area contributed by atoms with Crippen molar-refractivity contribution in [2.24, 2.45) is 0 Å². The molecule has 148 valence electrons. The molecule has 3 N–H and O–H groups in total. The van der Waals surface area contributed by atoms with Crippen molar-refractivity contribution in [2.75, 3.05) is 5.32 Å². The summed E-state index contributed by atoms with van der Waals surface area (Å²) in [6.07, 6.45) is 0. The van der Waals surface area contributed by atoms with Gasteiger partial charge in [0.1, 0.15) is 5.75 Å². The maximum Gasteiger partial charge on any atom is 0.255 e. The van der Waals surface area contributed by atoms with Crippen LogP contribution in [0.25, 0.3) is 0 Å². The standard InChI is InChI=1S/C22H18Cl2N2O3/c1-13(15-3-2-4-20(27)11-15)25-21(28)14-5-7-19(8-6-14)26-22(29)16-9-17(23)12-18(24)10-16/h2-13,27H,1H3,(H,25,28)(H,26,29). The maximum atomic E-state index is 12.5. The summed E-state index contributed by atoms with van der Waals surface area (Å²) in [5.74, 6) is -0.478. The predicted octanol–water partition coefficient (Wildman–Crippen LogP) is 5.44. The van der Waals surface area contributed by atoms with Crippen molar-refractivity contribution in [1.82, 2.24) is 5.32 Å². The van der Waals surface area contributed by atoms with Gasteiger partial charge in [-0.15, -0.1) is 0 Å². The highest BCUT2D eigenvalue weighted by atomic mass is 35.5. The second-order valence-corrected chi connectivity index (χ2v) is 7.35. The van der Waals surface area contributed by atoms with Gasteiger partial charge in [0.15, 0.2) is 0 Å². The minimum atomic E-state index is -0.357. The summed E-state index contributed by atoms with van der Waals surface area (Å²) in [5.41, 5.74) is 2.11. The molecule has 0 saturated heterocycles. The van der Waals surface area contributed by atoms with Gasteiger partial charge in [-0.1, -0.05) is 35.3 Å². The first-order chi connectivity index (χ1) is 13.8. The summed E-state index contributed by atoms with van der Waals surface area (Å²) in [5, 5.41) is 15.9. The van der Waals surface area contributed by atoms with Gasteiger partial charge in [0.2, 0.25) is 0 Å². The summed E-state index contributed by atoms with van der Waals surface area (Å²) < 4.78 is 0. The molecular formula is C22H18Cl2N2O3. The Morgan fingerprint density at radius 2 is 1.52 bits per heavy atom. The molecule has 0 saturated carbocycles. The van der Waals surface area contributed by atoms with Gasteiger partial charge in [0, 0.05) is 26.9 Å². The Labute approximate surface area is 178 Å². The fourth-order valence-electron chi connectivity index (χ4n) is 2.75. The zero-order valence-corrected chi connectivity index (χ0v) is 17.0. The van der Waals surface area contributed by atoms with E-state index >= 15 is 0 Å². The van der Waals surface area contributed by atoms with Gasteiger partial charge in [-0.05, 0) is 67.1 Å². The number of anilines is 1. The van der Waals surface area contributed by atoms with E-state index in [2.05, 4.69) is 10.6 Å². The average Bonchev–Trinajstić information content (AvgIpc) is 2.67. The highest BCUT2D eigenvalue weighted by molar-refractivity contribution is 6.35. The van der Waals surface area contributed by atoms with Crippen LogP contribution in [0.5, 0.6) is 5.75 Å². The highest BCUT2D eigenvalue weighted by Gasteiger charge is 2.13. The van der Waals surface area contributed by atoms with Crippen LogP contribution in [0.15, 0.2) is 66.7 Å². The molecule has 2 amide bonds. The van der Waals surface area contributed by atoms with E-state index in [0.717, 1.165) is 5.56 Å². The molecule has 0 heterocycles. The number of carbonyl (C=O) groups excluding carboxylic acids is 2. The molecule has 0 spiro atoms. The van der Waals surface area contributed by atoms with Gasteiger partial charge in [-0.2, -0.15) is 0 Å². The second kappa shape index (κ2) is 8.99. The van der Waals surface area contributed by atoms with Crippen molar-refractivity contribution >= 4 is 40.7 Å². The number of hydrogen-bond acceptors (Lipinski definition) is 3. The summed E-state index contributed by atoms with van der Waals surface area (Å²) >= 11 is 11.8. The zero-order valence-electron chi connectivity index (χ0n) is 15.4. The van der Waals surface area contributed by atoms with Gasteiger partial charge in [-0.25, -0.2) is 0 Å². The van der Waals surface area contributed by atoms with Crippen LogP contribution in [-0.2, 0) is 0 Å². The van der Waals surface area contributed by atoms with E-state index in [0.29, 0.717) is 26.9 Å². The van der Waals surface area contributed by atoms with Crippen LogP contribution in [0.2, 0.25) is 10.0 Å². The lowest BCUT2D eigenvalue weighted by Crippen LogP contribution is -2.26. The monoisotopic (exact) mass is 428 g/mol. The minimum Gasteiger partial charge on any atom is -0.508 e. The topological polar surface area (TPSA) is 78.4 Å². The number of rotatable bonds is 5. The third-order valence-electron chi connectivity index (χ3n) is 4.25. The van der Waals surface area contributed by atoms with Crippen LogP contribution in [-0.4, -0.2) is 16.9 Å². The number of halogens is 2. The average molecular weight is 429 g/mol. The molecule has 0 aliphatic heterocycles. The molecule has 1 atom stereocenters. The Bertz CT molecular complexity index is 1030. The lowest BCUT2D eigenvalue weighted by Gasteiger charge is -2.15. The molecule has 5 nitrogen and oxygen atoms in total. The number of benzene rings is 3. The fourth-order valence-corrected chi connectivity index (χ4v) is 3.28. The van der Waals surface area contributed by atoms with E-state index in [-0.39, 0.29) is 23.6 Å². The molecule has 0 fully saturated rings. The lowest BCUT2D eigenvalue weighted by atomic mass is 10.1. The molecular weight excluding hydrogens is 411 g/mol. The highest BCUT2D eigenvalue weighted by Crippen LogP contribution is 2.21. The number of hydrogen-bond donors (Lipinski definition) is 3. The third kappa shape index (κ3) is 5.50. The van der Waals surface area contributed by atoms with Crippen LogP contribution in [0.1, 0.15) is 39.2 Å². The molecule has 29 heavy (non-hydrogen) atoms. The van der Waals surface area contributed by atoms with E-state index in [1.165, 1.54) is 12.1 Å². The van der Waals surface area contributed by atoms with Crippen LogP contribution in [0.3, 0.4) is 0 Å². The number of nitrogens with one attached hydrogen (secondary N) is 2. The molecule has 3 rings (SSSR count). The van der Waals surface area contributed by atoms with Gasteiger partial charge < -0.3 is 15.7 Å². The number of aromatic hydroxyl groups is 1. The van der Waals surface area contributed by atoms with E-state index in [1.807, 2.05) is 13.0 Å². The van der Waals surface area contributed by atoms with Crippen molar-refractivity contribution < 1.29 is 14.7 Å². The van der Waals surface area contributed by atoms with Crippen molar-refractivity contribution in [3.63, 3.8) is 0 Å². The molecule has 0 aliphatic carbocycles. The van der Waals surface area contributed by atoms with E-state index in [9.17, 15) is 14.7 Å². The molecule has 0 bridgehead atoms. The number of amides is 2. The van der Waals surface area contributed by atoms with Crippen molar-refractivity contribution in [3.05, 3.63) is 93.5 Å². The van der Waals surface area contributed by atoms with Crippen LogP contribution >= 0.6 is 23.2 Å². The Hall–Kier alpha value is -3.02. The summed E-state index contributed by atoms with van der Waals surface area (Å²) in [6.45, 7) is 1.83.